The van der Waals surface area contributed by atoms with Crippen molar-refractivity contribution in [1.82, 2.24) is 4.57 Å². The van der Waals surface area contributed by atoms with Gasteiger partial charge in [0.05, 0.1) is 11.7 Å². The van der Waals surface area contributed by atoms with Gasteiger partial charge >= 0.3 is 0 Å². The fourth-order valence-electron chi connectivity index (χ4n) is 1.46. The number of carbonyl (C=O) groups excluding carboxylic acids is 1. The van der Waals surface area contributed by atoms with Gasteiger partial charge in [0.15, 0.2) is 0 Å². The maximum atomic E-state index is 11.7. The first-order valence-electron chi connectivity index (χ1n) is 5.77. The summed E-state index contributed by atoms with van der Waals surface area (Å²) in [5.74, 6) is -0.211. The van der Waals surface area contributed by atoms with Crippen LogP contribution >= 0.6 is 0 Å². The topological polar surface area (TPSA) is 77.1 Å². The summed E-state index contributed by atoms with van der Waals surface area (Å²) in [5, 5.41) is 2.69. The van der Waals surface area contributed by atoms with E-state index < -0.39 is 6.04 Å². The minimum absolute atomic E-state index is 0.113. The Labute approximate surface area is 101 Å². The van der Waals surface area contributed by atoms with E-state index in [9.17, 15) is 9.59 Å². The number of anilines is 1. The van der Waals surface area contributed by atoms with Crippen molar-refractivity contribution in [3.05, 3.63) is 28.7 Å². The van der Waals surface area contributed by atoms with Gasteiger partial charge in [-0.2, -0.15) is 0 Å². The van der Waals surface area contributed by atoms with E-state index in [1.54, 1.807) is 19.3 Å². The molecule has 17 heavy (non-hydrogen) atoms. The number of unbranched alkanes of at least 4 members (excludes halogenated alkanes) is 1. The van der Waals surface area contributed by atoms with Crippen LogP contribution in [-0.2, 0) is 11.8 Å². The Bertz CT molecular complexity index is 440. The Balaban J connectivity index is 2.61. The van der Waals surface area contributed by atoms with E-state index in [-0.39, 0.29) is 11.5 Å². The number of aromatic nitrogens is 1. The molecule has 1 rings (SSSR count). The van der Waals surface area contributed by atoms with E-state index in [1.165, 1.54) is 10.6 Å². The molecule has 0 saturated heterocycles. The summed E-state index contributed by atoms with van der Waals surface area (Å²) < 4.78 is 1.41. The Morgan fingerprint density at radius 2 is 2.24 bits per heavy atom. The van der Waals surface area contributed by atoms with E-state index in [4.69, 9.17) is 5.73 Å². The van der Waals surface area contributed by atoms with Crippen LogP contribution in [0.5, 0.6) is 0 Å². The number of hydrogen-bond acceptors (Lipinski definition) is 3. The van der Waals surface area contributed by atoms with Crippen molar-refractivity contribution in [2.45, 2.75) is 32.2 Å². The van der Waals surface area contributed by atoms with Crippen LogP contribution in [0.4, 0.5) is 5.69 Å². The molecule has 0 aliphatic carbocycles. The highest BCUT2D eigenvalue weighted by molar-refractivity contribution is 5.94. The second-order valence-electron chi connectivity index (χ2n) is 4.10. The first-order valence-corrected chi connectivity index (χ1v) is 5.77. The number of amides is 1. The zero-order valence-corrected chi connectivity index (χ0v) is 10.3. The molecule has 0 radical (unpaired) electrons. The highest BCUT2D eigenvalue weighted by atomic mass is 16.2. The molecule has 0 aromatic carbocycles. The smallest absolute Gasteiger partial charge is 0.250 e. The standard InChI is InChI=1S/C12H19N3O2/c1-3-4-5-10(13)12(17)14-9-6-7-11(16)15(2)8-9/h6-8,10H,3-5,13H2,1-2H3,(H,14,17)/t10-/m0/s1. The number of aryl methyl sites for hydroxylation is 1. The SMILES string of the molecule is CCCC[C@H](N)C(=O)Nc1ccc(=O)n(C)c1. The van der Waals surface area contributed by atoms with Gasteiger partial charge < -0.3 is 15.6 Å². The number of nitrogens with one attached hydrogen (secondary N) is 1. The van der Waals surface area contributed by atoms with Crippen LogP contribution in [0.2, 0.25) is 0 Å². The molecule has 0 aliphatic heterocycles. The van der Waals surface area contributed by atoms with Gasteiger partial charge in [0.1, 0.15) is 0 Å². The second-order valence-corrected chi connectivity index (χ2v) is 4.10. The van der Waals surface area contributed by atoms with Gasteiger partial charge in [0.2, 0.25) is 11.5 Å². The number of nitrogens with two attached hydrogens (primary N) is 1. The third-order valence-corrected chi connectivity index (χ3v) is 2.56. The van der Waals surface area contributed by atoms with Gasteiger partial charge in [-0.25, -0.2) is 0 Å². The van der Waals surface area contributed by atoms with Crippen molar-refractivity contribution in [3.8, 4) is 0 Å². The minimum atomic E-state index is -0.493. The summed E-state index contributed by atoms with van der Waals surface area (Å²) in [7, 11) is 1.63. The van der Waals surface area contributed by atoms with Gasteiger partial charge in [-0.15, -0.1) is 0 Å². The molecule has 1 amide bonds. The normalized spacial score (nSPS) is 12.2. The molecule has 0 saturated carbocycles. The molecule has 0 unspecified atom stereocenters. The number of nitrogens with zero attached hydrogens (tertiary/aromatic N) is 1. The predicted octanol–water partition coefficient (Wildman–Crippen LogP) is 0.841. The molecule has 94 valence electrons. The molecule has 1 aromatic heterocycles. The van der Waals surface area contributed by atoms with Crippen molar-refractivity contribution in [3.63, 3.8) is 0 Å². The summed E-state index contributed by atoms with van der Waals surface area (Å²) in [6.07, 6.45) is 4.20. The minimum Gasteiger partial charge on any atom is -0.323 e. The van der Waals surface area contributed by atoms with Gasteiger partial charge in [-0.1, -0.05) is 19.8 Å². The van der Waals surface area contributed by atoms with Crippen molar-refractivity contribution in [1.29, 1.82) is 0 Å². The first-order chi connectivity index (χ1) is 8.04. The molecule has 0 bridgehead atoms. The average Bonchev–Trinajstić information content (AvgIpc) is 2.30. The lowest BCUT2D eigenvalue weighted by Crippen LogP contribution is -2.35. The maximum Gasteiger partial charge on any atom is 0.250 e. The summed E-state index contributed by atoms with van der Waals surface area (Å²) in [6, 6.07) is 2.49. The van der Waals surface area contributed by atoms with Crippen LogP contribution in [0.25, 0.3) is 0 Å². The molecule has 0 spiro atoms. The molecule has 5 heteroatoms. The zero-order chi connectivity index (χ0) is 12.8. The largest absolute Gasteiger partial charge is 0.323 e. The van der Waals surface area contributed by atoms with Crippen LogP contribution in [0.3, 0.4) is 0 Å². The zero-order valence-electron chi connectivity index (χ0n) is 10.3. The summed E-state index contributed by atoms with van der Waals surface area (Å²) in [5.41, 5.74) is 6.21. The highest BCUT2D eigenvalue weighted by Crippen LogP contribution is 2.05. The van der Waals surface area contributed by atoms with Crippen molar-refractivity contribution < 1.29 is 4.79 Å². The number of rotatable bonds is 5. The van der Waals surface area contributed by atoms with E-state index in [2.05, 4.69) is 12.2 Å². The lowest BCUT2D eigenvalue weighted by Gasteiger charge is -2.12. The molecular weight excluding hydrogens is 218 g/mol. The highest BCUT2D eigenvalue weighted by Gasteiger charge is 2.12. The third-order valence-electron chi connectivity index (χ3n) is 2.56. The number of pyridine rings is 1. The van der Waals surface area contributed by atoms with Crippen molar-refractivity contribution >= 4 is 11.6 Å². The van der Waals surface area contributed by atoms with E-state index >= 15 is 0 Å². The fraction of sp³-hybridized carbons (Fsp3) is 0.500. The average molecular weight is 237 g/mol. The summed E-state index contributed by atoms with van der Waals surface area (Å²) in [4.78, 5) is 22.8. The molecule has 1 heterocycles. The lowest BCUT2D eigenvalue weighted by molar-refractivity contribution is -0.117. The summed E-state index contributed by atoms with van der Waals surface area (Å²) in [6.45, 7) is 2.05. The van der Waals surface area contributed by atoms with Crippen LogP contribution in [-0.4, -0.2) is 16.5 Å². The van der Waals surface area contributed by atoms with Crippen molar-refractivity contribution in [2.24, 2.45) is 12.8 Å². The Morgan fingerprint density at radius 3 is 2.82 bits per heavy atom. The van der Waals surface area contributed by atoms with Crippen molar-refractivity contribution in [2.75, 3.05) is 5.32 Å². The molecule has 3 N–H and O–H groups in total. The summed E-state index contributed by atoms with van der Waals surface area (Å²) >= 11 is 0. The third kappa shape index (κ3) is 4.03. The quantitative estimate of drug-likeness (QED) is 0.796. The van der Waals surface area contributed by atoms with E-state index in [1.807, 2.05) is 0 Å². The Hall–Kier alpha value is -1.62. The molecule has 0 aliphatic rings. The van der Waals surface area contributed by atoms with Gasteiger partial charge in [0, 0.05) is 19.3 Å². The predicted molar refractivity (Wildman–Crippen MR) is 67.8 cm³/mol. The van der Waals surface area contributed by atoms with E-state index in [0.717, 1.165) is 12.8 Å². The number of hydrogen-bond donors (Lipinski definition) is 2. The molecular formula is C12H19N3O2. The van der Waals surface area contributed by atoms with E-state index in [0.29, 0.717) is 12.1 Å². The maximum absolute atomic E-state index is 11.7. The number of carbonyl (C=O) groups is 1. The van der Waals surface area contributed by atoms with Gasteiger partial charge in [-0.05, 0) is 12.5 Å². The fourth-order valence-corrected chi connectivity index (χ4v) is 1.46. The Kier molecular flexibility index (Phi) is 4.90. The molecule has 5 nitrogen and oxygen atoms in total. The van der Waals surface area contributed by atoms with Crippen LogP contribution < -0.4 is 16.6 Å². The lowest BCUT2D eigenvalue weighted by atomic mass is 10.1. The van der Waals surface area contributed by atoms with Crippen LogP contribution in [0.15, 0.2) is 23.1 Å². The first kappa shape index (κ1) is 13.4. The molecule has 0 fully saturated rings. The molecule has 1 atom stereocenters. The van der Waals surface area contributed by atoms with Gasteiger partial charge in [0.25, 0.3) is 0 Å². The Morgan fingerprint density at radius 1 is 1.53 bits per heavy atom. The van der Waals surface area contributed by atoms with Gasteiger partial charge in [-0.3, -0.25) is 9.59 Å². The second kappa shape index (κ2) is 6.20. The molecule has 1 aromatic rings. The van der Waals surface area contributed by atoms with Crippen LogP contribution in [0, 0.1) is 0 Å². The monoisotopic (exact) mass is 237 g/mol. The van der Waals surface area contributed by atoms with Crippen LogP contribution in [0.1, 0.15) is 26.2 Å².